The van der Waals surface area contributed by atoms with Crippen molar-refractivity contribution in [1.82, 2.24) is 0 Å². The molecule has 0 aliphatic carbocycles. The molecule has 88 valence electrons. The van der Waals surface area contributed by atoms with Crippen LogP contribution in [0.3, 0.4) is 0 Å². The molecule has 1 aromatic carbocycles. The summed E-state index contributed by atoms with van der Waals surface area (Å²) in [6.07, 6.45) is 3.36. The van der Waals surface area contributed by atoms with Gasteiger partial charge >= 0.3 is 0 Å². The van der Waals surface area contributed by atoms with Gasteiger partial charge in [-0.15, -0.1) is 0 Å². The Labute approximate surface area is 114 Å². The second-order valence-corrected chi connectivity index (χ2v) is 4.33. The highest BCUT2D eigenvalue weighted by atomic mass is 79.9. The standard InChI is InChI=1S/C14H9BrN2O/c15-13-7-4-12(5-8-13)6-9-14(18)16-17-10-2-1-3-11-17/h1-5,7-8,10-11H. The molecule has 0 aliphatic heterocycles. The van der Waals surface area contributed by atoms with Crippen molar-refractivity contribution in [3.8, 4) is 11.8 Å². The molecule has 0 aliphatic rings. The average molecular weight is 301 g/mol. The van der Waals surface area contributed by atoms with E-state index in [1.165, 1.54) is 4.68 Å². The zero-order chi connectivity index (χ0) is 12.8. The fourth-order valence-electron chi connectivity index (χ4n) is 1.24. The maximum atomic E-state index is 11.5. The number of hydrogen-bond donors (Lipinski definition) is 0. The maximum absolute atomic E-state index is 11.5. The first kappa shape index (κ1) is 12.3. The van der Waals surface area contributed by atoms with Crippen molar-refractivity contribution in [3.05, 3.63) is 64.9 Å². The van der Waals surface area contributed by atoms with Gasteiger partial charge in [-0.3, -0.25) is 0 Å². The molecule has 3 nitrogen and oxygen atoms in total. The second-order valence-electron chi connectivity index (χ2n) is 3.42. The fourth-order valence-corrected chi connectivity index (χ4v) is 1.51. The molecule has 2 rings (SSSR count). The third-order valence-electron chi connectivity index (χ3n) is 2.06. The molecule has 0 saturated carbocycles. The molecule has 0 N–H and O–H groups in total. The summed E-state index contributed by atoms with van der Waals surface area (Å²) in [7, 11) is 0. The number of benzene rings is 1. The van der Waals surface area contributed by atoms with Gasteiger partial charge in [0.1, 0.15) is 5.90 Å². The zero-order valence-corrected chi connectivity index (χ0v) is 11.0. The average Bonchev–Trinajstić information content (AvgIpc) is 2.39. The summed E-state index contributed by atoms with van der Waals surface area (Å²) in [5.41, 5.74) is 0.778. The number of aromatic nitrogens is 1. The van der Waals surface area contributed by atoms with Crippen LogP contribution in [0.2, 0.25) is 0 Å². The minimum atomic E-state index is -0.478. The number of pyridine rings is 1. The van der Waals surface area contributed by atoms with Gasteiger partial charge in [-0.1, -0.05) is 38.5 Å². The number of nitrogens with zero attached hydrogens (tertiary/aromatic N) is 2. The predicted octanol–water partition coefficient (Wildman–Crippen LogP) is 1.31. The van der Waals surface area contributed by atoms with Crippen molar-refractivity contribution in [1.29, 1.82) is 0 Å². The molecule has 0 radical (unpaired) electrons. The van der Waals surface area contributed by atoms with Gasteiger partial charge in [0.2, 0.25) is 12.4 Å². The van der Waals surface area contributed by atoms with E-state index in [-0.39, 0.29) is 0 Å². The molecular formula is C14H9BrN2O. The van der Waals surface area contributed by atoms with E-state index in [2.05, 4.69) is 32.9 Å². The highest BCUT2D eigenvalue weighted by Gasteiger charge is 1.91. The molecular weight excluding hydrogens is 292 g/mol. The van der Waals surface area contributed by atoms with E-state index in [1.54, 1.807) is 24.5 Å². The van der Waals surface area contributed by atoms with Crippen LogP contribution >= 0.6 is 15.9 Å². The van der Waals surface area contributed by atoms with Crippen LogP contribution in [0, 0.1) is 11.8 Å². The van der Waals surface area contributed by atoms with Crippen LogP contribution in [0.25, 0.3) is 0 Å². The van der Waals surface area contributed by atoms with Gasteiger partial charge in [0, 0.05) is 22.2 Å². The Morgan fingerprint density at radius 2 is 1.78 bits per heavy atom. The van der Waals surface area contributed by atoms with Crippen molar-refractivity contribution < 1.29 is 9.78 Å². The summed E-state index contributed by atoms with van der Waals surface area (Å²) in [5, 5.41) is 15.3. The van der Waals surface area contributed by atoms with E-state index in [0.717, 1.165) is 10.0 Å². The summed E-state index contributed by atoms with van der Waals surface area (Å²) in [4.78, 5) is 0. The normalized spacial score (nSPS) is 10.6. The van der Waals surface area contributed by atoms with E-state index in [1.807, 2.05) is 30.3 Å². The lowest BCUT2D eigenvalue weighted by atomic mass is 10.2. The maximum Gasteiger partial charge on any atom is 0.202 e. The lowest BCUT2D eigenvalue weighted by Gasteiger charge is -1.95. The Balaban J connectivity index is 2.15. The van der Waals surface area contributed by atoms with Crippen molar-refractivity contribution in [2.24, 2.45) is 5.10 Å². The van der Waals surface area contributed by atoms with Gasteiger partial charge in [0.15, 0.2) is 0 Å². The lowest BCUT2D eigenvalue weighted by Crippen LogP contribution is -2.31. The van der Waals surface area contributed by atoms with E-state index in [0.29, 0.717) is 0 Å². The largest absolute Gasteiger partial charge is 0.848 e. The molecule has 2 aromatic rings. The Morgan fingerprint density at radius 3 is 2.44 bits per heavy atom. The first-order valence-electron chi connectivity index (χ1n) is 5.24. The van der Waals surface area contributed by atoms with Crippen molar-refractivity contribution in [2.45, 2.75) is 0 Å². The molecule has 0 fully saturated rings. The molecule has 0 spiro atoms. The summed E-state index contributed by atoms with van der Waals surface area (Å²) in [6.45, 7) is 0. The third kappa shape index (κ3) is 3.72. The SMILES string of the molecule is [O-]C(C#Cc1ccc(Br)cc1)=N[n+]1ccccc1. The molecule has 1 aromatic heterocycles. The number of halogens is 1. The van der Waals surface area contributed by atoms with E-state index < -0.39 is 5.90 Å². The van der Waals surface area contributed by atoms with Gasteiger partial charge in [0.25, 0.3) is 0 Å². The van der Waals surface area contributed by atoms with Gasteiger partial charge in [-0.05, 0) is 29.4 Å². The molecule has 0 atom stereocenters. The van der Waals surface area contributed by atoms with Gasteiger partial charge in [0.05, 0.1) is 0 Å². The number of hydrogen-bond acceptors (Lipinski definition) is 2. The van der Waals surface area contributed by atoms with Crippen LogP contribution in [0.4, 0.5) is 0 Å². The van der Waals surface area contributed by atoms with Crippen LogP contribution in [0.5, 0.6) is 0 Å². The van der Waals surface area contributed by atoms with Crippen LogP contribution < -0.4 is 9.78 Å². The van der Waals surface area contributed by atoms with Crippen LogP contribution in [0.15, 0.2) is 64.4 Å². The van der Waals surface area contributed by atoms with E-state index in [9.17, 15) is 5.11 Å². The third-order valence-corrected chi connectivity index (χ3v) is 2.59. The quantitative estimate of drug-likeness (QED) is 0.339. The summed E-state index contributed by atoms with van der Waals surface area (Å²) >= 11 is 3.33. The fraction of sp³-hybridized carbons (Fsp3) is 0. The van der Waals surface area contributed by atoms with E-state index >= 15 is 0 Å². The molecule has 4 heteroatoms. The van der Waals surface area contributed by atoms with Gasteiger partial charge < -0.3 is 5.11 Å². The highest BCUT2D eigenvalue weighted by Crippen LogP contribution is 2.09. The van der Waals surface area contributed by atoms with Crippen LogP contribution in [0.1, 0.15) is 5.56 Å². The monoisotopic (exact) mass is 300 g/mol. The summed E-state index contributed by atoms with van der Waals surface area (Å²) < 4.78 is 2.40. The predicted molar refractivity (Wildman–Crippen MR) is 70.5 cm³/mol. The smallest absolute Gasteiger partial charge is 0.202 e. The lowest BCUT2D eigenvalue weighted by molar-refractivity contribution is -0.681. The van der Waals surface area contributed by atoms with Gasteiger partial charge in [-0.2, -0.15) is 0 Å². The molecule has 0 saturated heterocycles. The molecule has 18 heavy (non-hydrogen) atoms. The highest BCUT2D eigenvalue weighted by molar-refractivity contribution is 9.10. The van der Waals surface area contributed by atoms with Crippen molar-refractivity contribution in [3.63, 3.8) is 0 Å². The Kier molecular flexibility index (Phi) is 4.11. The van der Waals surface area contributed by atoms with E-state index in [4.69, 9.17) is 0 Å². The Morgan fingerprint density at radius 1 is 1.11 bits per heavy atom. The summed E-state index contributed by atoms with van der Waals surface area (Å²) in [5.74, 6) is 4.76. The molecule has 0 bridgehead atoms. The molecule has 0 amide bonds. The van der Waals surface area contributed by atoms with Gasteiger partial charge in [-0.25, -0.2) is 0 Å². The minimum absolute atomic E-state index is 0.478. The van der Waals surface area contributed by atoms with Crippen molar-refractivity contribution in [2.75, 3.05) is 0 Å². The first-order chi connectivity index (χ1) is 8.74. The first-order valence-corrected chi connectivity index (χ1v) is 6.03. The van der Waals surface area contributed by atoms with Crippen LogP contribution in [-0.4, -0.2) is 5.90 Å². The van der Waals surface area contributed by atoms with Crippen molar-refractivity contribution >= 4 is 21.8 Å². The molecule has 1 heterocycles. The summed E-state index contributed by atoms with van der Waals surface area (Å²) in [6, 6.07) is 12.8. The topological polar surface area (TPSA) is 39.3 Å². The Hall–Kier alpha value is -2.12. The number of rotatable bonds is 1. The Bertz CT molecular complexity index is 610. The second kappa shape index (κ2) is 5.99. The zero-order valence-electron chi connectivity index (χ0n) is 9.38. The minimum Gasteiger partial charge on any atom is -0.848 e. The molecule has 0 unspecified atom stereocenters. The van der Waals surface area contributed by atoms with Crippen LogP contribution in [-0.2, 0) is 0 Å².